The number of piperazine rings is 1. The second kappa shape index (κ2) is 12.2. The first-order valence-corrected chi connectivity index (χ1v) is 14.2. The van der Waals surface area contributed by atoms with Crippen LogP contribution in [0.1, 0.15) is 56.1 Å². The van der Waals surface area contributed by atoms with Gasteiger partial charge in [0.25, 0.3) is 0 Å². The number of hydrogen-bond acceptors (Lipinski definition) is 4. The van der Waals surface area contributed by atoms with Crippen LogP contribution in [0, 0.1) is 0 Å². The van der Waals surface area contributed by atoms with Gasteiger partial charge in [-0.2, -0.15) is 0 Å². The first kappa shape index (κ1) is 25.9. The quantitative estimate of drug-likeness (QED) is 0.498. The summed E-state index contributed by atoms with van der Waals surface area (Å²) in [5.41, 5.74) is 1.73. The average molecular weight is 504 g/mol. The Hall–Kier alpha value is -2.70. The van der Waals surface area contributed by atoms with Crippen molar-refractivity contribution in [2.24, 2.45) is 0 Å². The van der Waals surface area contributed by atoms with E-state index in [0.29, 0.717) is 25.8 Å². The third kappa shape index (κ3) is 6.24. The number of piperidine rings is 1. The zero-order chi connectivity index (χ0) is 25.5. The molecule has 2 unspecified atom stereocenters. The lowest BCUT2D eigenvalue weighted by atomic mass is 9.80. The van der Waals surface area contributed by atoms with Gasteiger partial charge in [0, 0.05) is 32.7 Å². The van der Waals surface area contributed by atoms with Crippen molar-refractivity contribution in [3.63, 3.8) is 0 Å². The topological polar surface area (TPSA) is 61.9 Å². The van der Waals surface area contributed by atoms with Crippen molar-refractivity contribution in [2.45, 2.75) is 75.5 Å². The number of likely N-dealkylation sites (tertiary alicyclic amines) is 1. The lowest BCUT2D eigenvalue weighted by molar-refractivity contribution is -0.163. The molecule has 2 aromatic rings. The van der Waals surface area contributed by atoms with E-state index < -0.39 is 11.6 Å². The van der Waals surface area contributed by atoms with Crippen LogP contribution in [0.3, 0.4) is 0 Å². The minimum Gasteiger partial charge on any atom is -0.376 e. The molecule has 0 aromatic heterocycles. The van der Waals surface area contributed by atoms with E-state index in [-0.39, 0.29) is 17.9 Å². The Morgan fingerprint density at radius 3 is 2.27 bits per heavy atom. The molecule has 3 aliphatic heterocycles. The van der Waals surface area contributed by atoms with E-state index in [0.717, 1.165) is 51.1 Å². The first-order chi connectivity index (χ1) is 18.1. The highest BCUT2D eigenvalue weighted by atomic mass is 16.5. The van der Waals surface area contributed by atoms with Crippen LogP contribution >= 0.6 is 0 Å². The maximum absolute atomic E-state index is 13.8. The van der Waals surface area contributed by atoms with Crippen molar-refractivity contribution in [1.82, 2.24) is 15.1 Å². The van der Waals surface area contributed by atoms with Crippen LogP contribution in [0.2, 0.25) is 0 Å². The van der Waals surface area contributed by atoms with Gasteiger partial charge in [-0.05, 0) is 62.6 Å². The van der Waals surface area contributed by atoms with Gasteiger partial charge >= 0.3 is 0 Å². The van der Waals surface area contributed by atoms with E-state index in [2.05, 4.69) is 40.5 Å². The largest absolute Gasteiger partial charge is 0.376 e. The number of aryl methyl sites for hydroxylation is 1. The van der Waals surface area contributed by atoms with Crippen molar-refractivity contribution < 1.29 is 14.3 Å². The summed E-state index contributed by atoms with van der Waals surface area (Å²) in [6, 6.07) is 20.2. The molecule has 3 heterocycles. The number of rotatable bonds is 10. The molecule has 2 atom stereocenters. The van der Waals surface area contributed by atoms with Gasteiger partial charge in [-0.15, -0.1) is 0 Å². The van der Waals surface area contributed by atoms with Crippen LogP contribution in [-0.2, 0) is 27.2 Å². The molecule has 1 N–H and O–H groups in total. The molecule has 6 nitrogen and oxygen atoms in total. The maximum atomic E-state index is 13.8. The summed E-state index contributed by atoms with van der Waals surface area (Å²) in [6.07, 6.45) is 8.65. The zero-order valence-electron chi connectivity index (χ0n) is 21.9. The van der Waals surface area contributed by atoms with Crippen LogP contribution in [-0.4, -0.2) is 72.1 Å². The fourth-order valence-corrected chi connectivity index (χ4v) is 6.25. The van der Waals surface area contributed by atoms with Gasteiger partial charge < -0.3 is 19.9 Å². The van der Waals surface area contributed by atoms with Crippen LogP contribution in [0.4, 0.5) is 0 Å². The predicted octanol–water partition coefficient (Wildman–Crippen LogP) is 3.98. The molecule has 0 saturated carbocycles. The number of ether oxygens (including phenoxy) is 1. The van der Waals surface area contributed by atoms with Crippen molar-refractivity contribution in [1.29, 1.82) is 0 Å². The first-order valence-electron chi connectivity index (χ1n) is 14.2. The van der Waals surface area contributed by atoms with Gasteiger partial charge in [0.1, 0.15) is 11.6 Å². The minimum atomic E-state index is -0.750. The van der Waals surface area contributed by atoms with E-state index in [1.54, 1.807) is 0 Å². The standard InChI is InChI=1S/C31H41N3O3/c35-29-28(23-26-14-6-2-7-15-26)32-30(36)31(34(29)24-27-16-10-22-37-27)17-20-33(21-18-31)19-9-3-8-13-25-11-4-1-5-12-25/h1-2,4-7,11-12,14-15,27-28H,3,8-10,13,16-24H2,(H,32,36). The Morgan fingerprint density at radius 1 is 0.892 bits per heavy atom. The molecule has 37 heavy (non-hydrogen) atoms. The van der Waals surface area contributed by atoms with Gasteiger partial charge in [0.2, 0.25) is 11.8 Å². The molecule has 2 aromatic carbocycles. The molecular formula is C31H41N3O3. The summed E-state index contributed by atoms with van der Waals surface area (Å²) in [5.74, 6) is 0.0712. The normalized spacial score (nSPS) is 23.9. The zero-order valence-corrected chi connectivity index (χ0v) is 21.9. The lowest BCUT2D eigenvalue weighted by Crippen LogP contribution is -2.73. The van der Waals surface area contributed by atoms with Gasteiger partial charge in [0.15, 0.2) is 0 Å². The van der Waals surface area contributed by atoms with Gasteiger partial charge in [-0.25, -0.2) is 0 Å². The van der Waals surface area contributed by atoms with Crippen LogP contribution in [0.25, 0.3) is 0 Å². The fourth-order valence-electron chi connectivity index (χ4n) is 6.25. The number of carbonyl (C=O) groups is 2. The number of benzene rings is 2. The third-order valence-corrected chi connectivity index (χ3v) is 8.47. The van der Waals surface area contributed by atoms with E-state index in [9.17, 15) is 9.59 Å². The molecule has 6 heteroatoms. The summed E-state index contributed by atoms with van der Waals surface area (Å²) >= 11 is 0. The van der Waals surface area contributed by atoms with Crippen LogP contribution in [0.5, 0.6) is 0 Å². The van der Waals surface area contributed by atoms with Crippen molar-refractivity contribution >= 4 is 11.8 Å². The van der Waals surface area contributed by atoms with Gasteiger partial charge in [-0.3, -0.25) is 9.59 Å². The van der Waals surface area contributed by atoms with Crippen molar-refractivity contribution in [3.05, 3.63) is 71.8 Å². The molecule has 0 radical (unpaired) electrons. The molecular weight excluding hydrogens is 462 g/mol. The second-order valence-corrected chi connectivity index (χ2v) is 11.0. The molecule has 2 amide bonds. The number of amides is 2. The second-order valence-electron chi connectivity index (χ2n) is 11.0. The summed E-state index contributed by atoms with van der Waals surface area (Å²) in [6.45, 7) is 4.03. The van der Waals surface area contributed by atoms with E-state index in [1.165, 1.54) is 24.8 Å². The van der Waals surface area contributed by atoms with Crippen molar-refractivity contribution in [2.75, 3.05) is 32.8 Å². The molecule has 0 aliphatic carbocycles. The van der Waals surface area contributed by atoms with Crippen molar-refractivity contribution in [3.8, 4) is 0 Å². The summed E-state index contributed by atoms with van der Waals surface area (Å²) < 4.78 is 5.92. The van der Waals surface area contributed by atoms with Crippen LogP contribution in [0.15, 0.2) is 60.7 Å². The smallest absolute Gasteiger partial charge is 0.246 e. The Morgan fingerprint density at radius 2 is 1.59 bits per heavy atom. The number of nitrogens with zero attached hydrogens (tertiary/aromatic N) is 2. The lowest BCUT2D eigenvalue weighted by Gasteiger charge is -2.52. The monoisotopic (exact) mass is 503 g/mol. The Labute approximate surface area is 221 Å². The Bertz CT molecular complexity index is 1010. The Balaban J connectivity index is 1.18. The summed E-state index contributed by atoms with van der Waals surface area (Å²) in [4.78, 5) is 31.9. The Kier molecular flexibility index (Phi) is 8.57. The molecule has 3 saturated heterocycles. The number of hydrogen-bond donors (Lipinski definition) is 1. The molecule has 3 aliphatic rings. The molecule has 5 rings (SSSR count). The van der Waals surface area contributed by atoms with Gasteiger partial charge in [0.05, 0.1) is 6.10 Å². The van der Waals surface area contributed by atoms with Gasteiger partial charge in [-0.1, -0.05) is 67.1 Å². The minimum absolute atomic E-state index is 0.0218. The molecule has 198 valence electrons. The number of unbranched alkanes of at least 4 members (excludes halogenated alkanes) is 2. The maximum Gasteiger partial charge on any atom is 0.246 e. The predicted molar refractivity (Wildman–Crippen MR) is 145 cm³/mol. The van der Waals surface area contributed by atoms with Crippen LogP contribution < -0.4 is 5.32 Å². The summed E-state index contributed by atoms with van der Waals surface area (Å²) in [7, 11) is 0. The van der Waals surface area contributed by atoms with E-state index >= 15 is 0 Å². The third-order valence-electron chi connectivity index (χ3n) is 8.47. The highest BCUT2D eigenvalue weighted by Gasteiger charge is 2.54. The highest BCUT2D eigenvalue weighted by molar-refractivity contribution is 6.00. The number of carbonyl (C=O) groups excluding carboxylic acids is 2. The number of nitrogens with one attached hydrogen (secondary N) is 1. The fraction of sp³-hybridized carbons (Fsp3) is 0.548. The van der Waals surface area contributed by atoms with E-state index in [1.807, 2.05) is 35.2 Å². The average Bonchev–Trinajstić information content (AvgIpc) is 3.45. The SMILES string of the molecule is O=C1C(Cc2ccccc2)NC(=O)C2(CCN(CCCCCc3ccccc3)CC2)N1CC1CCCO1. The molecule has 3 fully saturated rings. The highest BCUT2D eigenvalue weighted by Crippen LogP contribution is 2.35. The molecule has 0 bridgehead atoms. The molecule has 1 spiro atoms. The van der Waals surface area contributed by atoms with E-state index in [4.69, 9.17) is 4.74 Å². The summed E-state index contributed by atoms with van der Waals surface area (Å²) in [5, 5.41) is 3.13.